The van der Waals surface area contributed by atoms with E-state index < -0.39 is 82.6 Å². The third kappa shape index (κ3) is 12.5. The van der Waals surface area contributed by atoms with Crippen molar-refractivity contribution in [1.82, 2.24) is 59.3 Å². The van der Waals surface area contributed by atoms with Crippen LogP contribution < -0.4 is 27.0 Å². The average Bonchev–Trinajstić information content (AvgIpc) is 2.20. The number of alkyl halides is 2. The van der Waals surface area contributed by atoms with Gasteiger partial charge in [0.05, 0.1) is 50.3 Å². The molecule has 0 unspecified atom stereocenters. The highest BCUT2D eigenvalue weighted by atomic mass is 32.7. The normalized spacial score (nSPS) is 25.4. The van der Waals surface area contributed by atoms with Crippen LogP contribution in [0.25, 0.3) is 44.8 Å². The third-order valence-electron chi connectivity index (χ3n) is 15.1. The van der Waals surface area contributed by atoms with Gasteiger partial charge in [-0.15, -0.1) is 5.10 Å². The second kappa shape index (κ2) is 25.2. The monoisotopic (exact) mass is 1250 g/mol. The lowest BCUT2D eigenvalue weighted by atomic mass is 9.95. The van der Waals surface area contributed by atoms with E-state index >= 15 is 13.3 Å². The molecule has 9 heterocycles. The minimum atomic E-state index is -4.73. The molecule has 87 heavy (non-hydrogen) atoms. The van der Waals surface area contributed by atoms with Gasteiger partial charge in [0, 0.05) is 42.0 Å². The summed E-state index contributed by atoms with van der Waals surface area (Å²) < 4.78 is 102. The molecule has 3 saturated heterocycles. The zero-order valence-electron chi connectivity index (χ0n) is 46.5. The number of carbonyl (C=O) groups excluding carboxylic acids is 3. The van der Waals surface area contributed by atoms with E-state index in [-0.39, 0.29) is 64.5 Å². The van der Waals surface area contributed by atoms with Gasteiger partial charge in [0.25, 0.3) is 7.47 Å². The predicted molar refractivity (Wildman–Crippen MR) is 315 cm³/mol. The molecule has 4 aliphatic rings. The molecule has 33 heteroatoms. The molecule has 5 aromatic heterocycles. The van der Waals surface area contributed by atoms with E-state index in [0.717, 1.165) is 47.1 Å². The Labute approximate surface area is 500 Å². The van der Waals surface area contributed by atoms with E-state index in [2.05, 4.69) is 50.8 Å². The summed E-state index contributed by atoms with van der Waals surface area (Å²) in [6, 6.07) is 22.2. The molecule has 3 amide bonds. The van der Waals surface area contributed by atoms with E-state index in [4.69, 9.17) is 46.6 Å². The number of benzene rings is 3. The van der Waals surface area contributed by atoms with Crippen molar-refractivity contribution in [2.24, 2.45) is 0 Å². The Morgan fingerprint density at radius 3 is 2.06 bits per heavy atom. The summed E-state index contributed by atoms with van der Waals surface area (Å²) in [6.07, 6.45) is -5.87. The Kier molecular flexibility index (Phi) is 17.3. The van der Waals surface area contributed by atoms with Gasteiger partial charge in [-0.1, -0.05) is 73.2 Å². The zero-order chi connectivity index (χ0) is 60.6. The number of hydrogen-bond acceptors (Lipinski definition) is 22. The Bertz CT molecular complexity index is 3980. The summed E-state index contributed by atoms with van der Waals surface area (Å²) in [5, 5.41) is 14.6. The van der Waals surface area contributed by atoms with Crippen LogP contribution in [0.15, 0.2) is 98.1 Å². The molecule has 6 N–H and O–H groups in total. The molecule has 0 aliphatic carbocycles. The number of rotatable bonds is 16. The van der Waals surface area contributed by atoms with Gasteiger partial charge in [-0.2, -0.15) is 0 Å². The lowest BCUT2D eigenvalue weighted by molar-refractivity contribution is -0.124. The largest absolute Gasteiger partial charge is 0.389 e. The fraction of sp³-hybridized carbons (Fsp3) is 0.389. The molecule has 0 saturated carbocycles. The highest BCUT2D eigenvalue weighted by Gasteiger charge is 2.55. The number of nitrogens with two attached hydrogens (primary N) is 2. The van der Waals surface area contributed by atoms with Crippen LogP contribution in [0.2, 0.25) is 0 Å². The van der Waals surface area contributed by atoms with Gasteiger partial charge in [-0.25, -0.2) is 47.9 Å². The number of anilines is 4. The number of nitrogens with zero attached hydrogens (tertiary/aromatic N) is 12. The molecular weight excluding hydrogens is 1190 g/mol. The first-order chi connectivity index (χ1) is 42.0. The summed E-state index contributed by atoms with van der Waals surface area (Å²) in [5.41, 5.74) is 18.5. The second-order valence-corrected chi connectivity index (χ2v) is 26.5. The number of unbranched alkanes of at least 4 members (excludes halogenated alkanes) is 2. The number of halogens is 2. The second-order valence-electron chi connectivity index (χ2n) is 20.9. The number of nitrogen functional groups attached to an aromatic ring is 2. The summed E-state index contributed by atoms with van der Waals surface area (Å²) in [4.78, 5) is 65.8. The molecule has 4 aliphatic heterocycles. The molecule has 8 aromatic rings. The fourth-order valence-corrected chi connectivity index (χ4v) is 15.2. The number of amides is 3. The Morgan fingerprint density at radius 1 is 0.747 bits per heavy atom. The lowest BCUT2D eigenvalue weighted by Gasteiger charge is -2.30. The van der Waals surface area contributed by atoms with Gasteiger partial charge in [0.1, 0.15) is 53.8 Å². The molecule has 2 radical (unpaired) electrons. The third-order valence-corrected chi connectivity index (χ3v) is 19.8. The number of imidazole rings is 2. The SMILES string of the molecule is [B][P@]1(=O)OC[C@H]2O[C@@H](n3cnc4c(N)ncnc43)[C@H](F)[C@@H]2O[P@@](=O)(SCc2ccc(NC(=O)CNC(=O)CCCCCn3nnc4c3-c3ccccc3CN(C(=O)CCC)c3ccccc3-4)cc2)OC[C@H]2O[C@@H](n3cnc4c(N)ncnc43)[C@H](F)[C@@H]2O1. The van der Waals surface area contributed by atoms with E-state index in [1.807, 2.05) is 65.0 Å². The number of aromatic nitrogens is 11. The molecule has 27 nitrogen and oxygen atoms in total. The number of fused-ring (bicyclic) bond motifs is 9. The van der Waals surface area contributed by atoms with Crippen LogP contribution in [0.5, 0.6) is 0 Å². The van der Waals surface area contributed by atoms with Crippen molar-refractivity contribution in [2.45, 2.75) is 114 Å². The van der Waals surface area contributed by atoms with E-state index in [0.29, 0.717) is 67.1 Å². The average molecular weight is 1250 g/mol. The Balaban J connectivity index is 0.671. The number of nitrogens with one attached hydrogen (secondary N) is 2. The number of ether oxygens (including phenoxy) is 2. The predicted octanol–water partition coefficient (Wildman–Crippen LogP) is 7.32. The van der Waals surface area contributed by atoms with Crippen molar-refractivity contribution in [2.75, 3.05) is 41.4 Å². The molecule has 0 spiro atoms. The zero-order valence-corrected chi connectivity index (χ0v) is 49.1. The number of carbonyl (C=O) groups is 3. The van der Waals surface area contributed by atoms with Gasteiger partial charge in [0.15, 0.2) is 47.7 Å². The van der Waals surface area contributed by atoms with Crippen molar-refractivity contribution in [1.29, 1.82) is 0 Å². The van der Waals surface area contributed by atoms with Crippen LogP contribution in [0.1, 0.15) is 69.0 Å². The summed E-state index contributed by atoms with van der Waals surface area (Å²) in [6.45, 7) is -3.46. The molecule has 10 atom stereocenters. The minimum Gasteiger partial charge on any atom is -0.382 e. The maximum Gasteiger partial charge on any atom is 0.389 e. The van der Waals surface area contributed by atoms with Gasteiger partial charge >= 0.3 is 6.80 Å². The summed E-state index contributed by atoms with van der Waals surface area (Å²) in [5.74, 6) is -0.804. The first-order valence-electron chi connectivity index (χ1n) is 27.9. The van der Waals surface area contributed by atoms with Crippen molar-refractivity contribution in [3.8, 4) is 22.5 Å². The van der Waals surface area contributed by atoms with Crippen LogP contribution in [0.4, 0.5) is 31.8 Å². The lowest BCUT2D eigenvalue weighted by Crippen LogP contribution is -2.37. The molecule has 3 fully saturated rings. The first kappa shape index (κ1) is 59.7. The van der Waals surface area contributed by atoms with Crippen molar-refractivity contribution in [3.63, 3.8) is 0 Å². The van der Waals surface area contributed by atoms with Gasteiger partial charge in [-0.05, 0) is 60.0 Å². The van der Waals surface area contributed by atoms with Crippen molar-refractivity contribution < 1.29 is 59.9 Å². The minimum absolute atomic E-state index is 0.00797. The van der Waals surface area contributed by atoms with Gasteiger partial charge in [-0.3, -0.25) is 37.1 Å². The molecule has 3 aromatic carbocycles. The molecule has 0 bridgehead atoms. The fourth-order valence-electron chi connectivity index (χ4n) is 10.8. The van der Waals surface area contributed by atoms with Crippen LogP contribution in [-0.2, 0) is 69.9 Å². The van der Waals surface area contributed by atoms with Crippen molar-refractivity contribution >= 4 is 96.3 Å². The Hall–Kier alpha value is -7.60. The molecule has 452 valence electrons. The number of hydrogen-bond donors (Lipinski definition) is 4. The van der Waals surface area contributed by atoms with Crippen LogP contribution in [-0.4, -0.2) is 136 Å². The smallest absolute Gasteiger partial charge is 0.382 e. The van der Waals surface area contributed by atoms with Crippen LogP contribution in [0, 0.1) is 0 Å². The van der Waals surface area contributed by atoms with Gasteiger partial charge < -0.3 is 45.5 Å². The highest BCUT2D eigenvalue weighted by Crippen LogP contribution is 2.65. The molecular formula is C54H57BF2N16O11P2S. The Morgan fingerprint density at radius 2 is 1.38 bits per heavy atom. The summed E-state index contributed by atoms with van der Waals surface area (Å²) >= 11 is 0.662. The highest BCUT2D eigenvalue weighted by molar-refractivity contribution is 8.54. The maximum atomic E-state index is 17.0. The van der Waals surface area contributed by atoms with E-state index in [9.17, 15) is 18.9 Å². The first-order valence-corrected chi connectivity index (χ1v) is 32.6. The van der Waals surface area contributed by atoms with E-state index in [1.165, 1.54) is 21.8 Å². The standard InChI is InChI=1S/C54H57BF2N16O11P2S/c1-2-10-40(76)70-22-31-11-5-6-12-33(31)46-43(34-13-7-8-14-35(34)70)68-69-73(46)20-9-3-4-15-38(74)60-21-39(75)67-32-18-16-30(17-19-32)25-87-86(78)80-24-37-47(41(56)53(82-37)71-28-65-44-49(58)61-26-63-51(44)71)83-85(55,77)79-23-36-48(84-86)42(57)54(81-36)72-29-66-45-50(59)62-27-64-52(45)72/h5-8,11-14,16-19,26-29,36-37,41-42,47-48,53-54H,2-4,9-10,15,20-25H2,1H3,(H,60,74)(H,67,75)(H2,58,61,63)(H2,59,62,64)/t36-,37-,41-,42-,47-,48-,53-,54-,85+,86+/m1/s1. The number of para-hydroxylation sites is 1. The topological polar surface area (TPSA) is 338 Å². The van der Waals surface area contributed by atoms with Gasteiger partial charge in [0.2, 0.25) is 25.3 Å². The van der Waals surface area contributed by atoms with Crippen molar-refractivity contribution in [3.05, 3.63) is 109 Å². The summed E-state index contributed by atoms with van der Waals surface area (Å²) in [7, 11) is 1.32. The van der Waals surface area contributed by atoms with Crippen LogP contribution >= 0.6 is 25.7 Å². The van der Waals surface area contributed by atoms with Crippen LogP contribution in [0.3, 0.4) is 0 Å². The maximum absolute atomic E-state index is 17.0. The molecule has 12 rings (SSSR count). The number of aryl methyl sites for hydroxylation is 1. The van der Waals surface area contributed by atoms with E-state index in [1.54, 1.807) is 24.3 Å². The quantitative estimate of drug-likeness (QED) is 0.0418.